The van der Waals surface area contributed by atoms with Gasteiger partial charge in [0, 0.05) is 6.16 Å². The minimum atomic E-state index is -4.44. The molecular formula is C9H15NO6P-. The quantitative estimate of drug-likeness (QED) is 0.367. The van der Waals surface area contributed by atoms with Crippen molar-refractivity contribution < 1.29 is 28.7 Å². The van der Waals surface area contributed by atoms with Gasteiger partial charge in [-0.3, -0.25) is 4.79 Å². The highest BCUT2D eigenvalue weighted by Crippen LogP contribution is 2.27. The van der Waals surface area contributed by atoms with E-state index in [1.807, 2.05) is 0 Å². The van der Waals surface area contributed by atoms with Crippen molar-refractivity contribution in [1.82, 2.24) is 5.32 Å². The number of ether oxygens (including phenoxy) is 1. The van der Waals surface area contributed by atoms with E-state index in [9.17, 15) is 19.0 Å². The van der Waals surface area contributed by atoms with Gasteiger partial charge in [-0.25, -0.2) is 4.79 Å². The number of amides is 1. The molecule has 17 heavy (non-hydrogen) atoms. The van der Waals surface area contributed by atoms with Crippen LogP contribution in [0.3, 0.4) is 0 Å². The van der Waals surface area contributed by atoms with Gasteiger partial charge >= 0.3 is 5.97 Å². The lowest BCUT2D eigenvalue weighted by atomic mass is 10.1. The van der Waals surface area contributed by atoms with E-state index in [0.717, 1.165) is 6.08 Å². The van der Waals surface area contributed by atoms with E-state index in [4.69, 9.17) is 4.89 Å². The number of hydrogen-bond acceptors (Lipinski definition) is 5. The molecule has 8 heteroatoms. The Bertz CT molecular complexity index is 358. The first kappa shape index (κ1) is 15.8. The molecule has 0 rings (SSSR count). The number of rotatable bonds is 6. The van der Waals surface area contributed by atoms with Crippen molar-refractivity contribution >= 4 is 19.5 Å². The molecule has 7 nitrogen and oxygen atoms in total. The zero-order valence-corrected chi connectivity index (χ0v) is 10.5. The maximum atomic E-state index is 11.5. The Hall–Kier alpha value is -1.17. The molecule has 0 aromatic carbocycles. The second-order valence-corrected chi connectivity index (χ2v) is 5.54. The van der Waals surface area contributed by atoms with Gasteiger partial charge in [-0.2, -0.15) is 0 Å². The third kappa shape index (κ3) is 6.88. The Kier molecular flexibility index (Phi) is 5.54. The Balaban J connectivity index is 4.25. The fraction of sp³-hybridized carbons (Fsp3) is 0.556. The average molecular weight is 264 g/mol. The summed E-state index contributed by atoms with van der Waals surface area (Å²) < 4.78 is 15.0. The number of esters is 1. The minimum absolute atomic E-state index is 0.469. The van der Waals surface area contributed by atoms with Crippen LogP contribution in [0.15, 0.2) is 12.7 Å². The van der Waals surface area contributed by atoms with Crippen LogP contribution in [0.1, 0.15) is 13.8 Å². The summed E-state index contributed by atoms with van der Waals surface area (Å²) in [5, 5.41) is 2.31. The molecule has 0 fully saturated rings. The molecule has 0 saturated carbocycles. The first-order valence-electron chi connectivity index (χ1n) is 4.73. The zero-order valence-electron chi connectivity index (χ0n) is 9.63. The van der Waals surface area contributed by atoms with Gasteiger partial charge < -0.3 is 24.4 Å². The molecule has 1 amide bonds. The Morgan fingerprint density at radius 1 is 1.59 bits per heavy atom. The van der Waals surface area contributed by atoms with Gasteiger partial charge in [-0.15, -0.1) is 0 Å². The predicted octanol–water partition coefficient (Wildman–Crippen LogP) is -0.844. The summed E-state index contributed by atoms with van der Waals surface area (Å²) in [7, 11) is -4.44. The van der Waals surface area contributed by atoms with Crippen molar-refractivity contribution in [1.29, 1.82) is 0 Å². The van der Waals surface area contributed by atoms with E-state index in [-0.39, 0.29) is 0 Å². The van der Waals surface area contributed by atoms with Crippen molar-refractivity contribution in [2.75, 3.05) is 12.8 Å². The maximum Gasteiger partial charge on any atom is 0.331 e. The van der Waals surface area contributed by atoms with Crippen molar-refractivity contribution in [3.8, 4) is 0 Å². The number of hydrogen-bond donors (Lipinski definition) is 2. The van der Waals surface area contributed by atoms with Crippen LogP contribution in [0.25, 0.3) is 0 Å². The molecule has 0 aliphatic rings. The van der Waals surface area contributed by atoms with Crippen LogP contribution in [-0.2, 0) is 18.9 Å². The van der Waals surface area contributed by atoms with Crippen molar-refractivity contribution in [2.24, 2.45) is 0 Å². The fourth-order valence-corrected chi connectivity index (χ4v) is 1.17. The molecule has 0 aromatic heterocycles. The van der Waals surface area contributed by atoms with Crippen LogP contribution < -0.4 is 10.2 Å². The van der Waals surface area contributed by atoms with E-state index in [0.29, 0.717) is 0 Å². The molecule has 0 saturated heterocycles. The first-order chi connectivity index (χ1) is 7.58. The topological polar surface area (TPSA) is 116 Å². The molecule has 0 radical (unpaired) electrons. The summed E-state index contributed by atoms with van der Waals surface area (Å²) in [6, 6.07) is 0. The lowest BCUT2D eigenvalue weighted by Gasteiger charge is -2.24. The molecule has 98 valence electrons. The fourth-order valence-electron chi connectivity index (χ4n) is 0.844. The molecule has 0 heterocycles. The summed E-state index contributed by atoms with van der Waals surface area (Å²) in [6.45, 7) is 5.55. The maximum absolute atomic E-state index is 11.5. The van der Waals surface area contributed by atoms with Crippen LogP contribution in [0.4, 0.5) is 0 Å². The van der Waals surface area contributed by atoms with Crippen LogP contribution in [0, 0.1) is 0 Å². The van der Waals surface area contributed by atoms with Gasteiger partial charge in [0.05, 0.1) is 6.61 Å². The van der Waals surface area contributed by atoms with Crippen LogP contribution in [0.5, 0.6) is 0 Å². The van der Waals surface area contributed by atoms with Crippen molar-refractivity contribution in [3.05, 3.63) is 12.7 Å². The minimum Gasteiger partial charge on any atom is -0.779 e. The lowest BCUT2D eigenvalue weighted by Crippen LogP contribution is -2.50. The highest BCUT2D eigenvalue weighted by molar-refractivity contribution is 7.50. The second-order valence-electron chi connectivity index (χ2n) is 3.82. The van der Waals surface area contributed by atoms with Crippen molar-refractivity contribution in [2.45, 2.75) is 19.4 Å². The van der Waals surface area contributed by atoms with Gasteiger partial charge in [0.1, 0.15) is 13.1 Å². The molecule has 1 unspecified atom stereocenters. The first-order valence-corrected chi connectivity index (χ1v) is 6.49. The predicted molar refractivity (Wildman–Crippen MR) is 58.1 cm³/mol. The van der Waals surface area contributed by atoms with Gasteiger partial charge in [-0.1, -0.05) is 6.58 Å². The number of carbonyl (C=O) groups is 2. The number of carbonyl (C=O) groups excluding carboxylic acids is 2. The van der Waals surface area contributed by atoms with E-state index in [1.54, 1.807) is 0 Å². The Morgan fingerprint density at radius 2 is 2.12 bits per heavy atom. The molecule has 0 aromatic rings. The lowest BCUT2D eigenvalue weighted by molar-refractivity contribution is -0.194. The molecule has 1 atom stereocenters. The molecular weight excluding hydrogens is 249 g/mol. The molecule has 0 spiro atoms. The molecule has 0 aliphatic carbocycles. The number of nitrogens with one attached hydrogen (secondary N) is 1. The Labute approximate surface area is 99.0 Å². The highest BCUT2D eigenvalue weighted by Gasteiger charge is 2.30. The van der Waals surface area contributed by atoms with Gasteiger partial charge in [0.25, 0.3) is 0 Å². The third-order valence-electron chi connectivity index (χ3n) is 1.74. The van der Waals surface area contributed by atoms with E-state index < -0.39 is 37.8 Å². The largest absolute Gasteiger partial charge is 0.779 e. The second kappa shape index (κ2) is 5.95. The van der Waals surface area contributed by atoms with Crippen LogP contribution in [-0.4, -0.2) is 35.1 Å². The smallest absolute Gasteiger partial charge is 0.331 e. The highest BCUT2D eigenvalue weighted by atomic mass is 31.2. The summed E-state index contributed by atoms with van der Waals surface area (Å²) in [5.41, 5.74) is -1.30. The normalized spacial score (nSPS) is 14.6. The standard InChI is InChI=1S/C9H16NO6P/c1-4-7(11)10-9(2,3)8(12)16-5-6-17(13,14)15/h4H,1,5-6H2,2-3H3,(H,10,11)(H2,13,14,15)/p-1. The summed E-state index contributed by atoms with van der Waals surface area (Å²) in [5.74, 6) is -1.36. The summed E-state index contributed by atoms with van der Waals surface area (Å²) >= 11 is 0. The van der Waals surface area contributed by atoms with Crippen LogP contribution in [0.2, 0.25) is 0 Å². The van der Waals surface area contributed by atoms with E-state index in [1.165, 1.54) is 13.8 Å². The van der Waals surface area contributed by atoms with E-state index in [2.05, 4.69) is 16.6 Å². The monoisotopic (exact) mass is 264 g/mol. The molecule has 0 bridgehead atoms. The summed E-state index contributed by atoms with van der Waals surface area (Å²) in [4.78, 5) is 41.3. The third-order valence-corrected chi connectivity index (χ3v) is 2.49. The summed E-state index contributed by atoms with van der Waals surface area (Å²) in [6.07, 6.45) is 0.332. The zero-order chi connectivity index (χ0) is 13.7. The Morgan fingerprint density at radius 3 is 2.53 bits per heavy atom. The van der Waals surface area contributed by atoms with Gasteiger partial charge in [-0.05, 0) is 19.9 Å². The van der Waals surface area contributed by atoms with Crippen molar-refractivity contribution in [3.63, 3.8) is 0 Å². The SMILES string of the molecule is C=CC(=O)NC(C)(C)C(=O)OCCP(=O)([O-])O. The van der Waals surface area contributed by atoms with Gasteiger partial charge in [0.2, 0.25) is 5.91 Å². The van der Waals surface area contributed by atoms with Crippen LogP contribution >= 0.6 is 7.60 Å². The van der Waals surface area contributed by atoms with Gasteiger partial charge in [0.15, 0.2) is 0 Å². The van der Waals surface area contributed by atoms with E-state index >= 15 is 0 Å². The molecule has 2 N–H and O–H groups in total. The molecule has 0 aliphatic heterocycles. The average Bonchev–Trinajstić information content (AvgIpc) is 2.14.